The van der Waals surface area contributed by atoms with Gasteiger partial charge in [0.2, 0.25) is 0 Å². The maximum absolute atomic E-state index is 11.9. The van der Waals surface area contributed by atoms with Crippen molar-refractivity contribution in [2.75, 3.05) is 13.2 Å². The smallest absolute Gasteiger partial charge is 0.148 e. The second-order valence-corrected chi connectivity index (χ2v) is 8.09. The molecule has 8 heteroatoms. The Bertz CT molecular complexity index is 657. The van der Waals surface area contributed by atoms with Crippen molar-refractivity contribution < 1.29 is 18.1 Å². The number of benzene rings is 2. The van der Waals surface area contributed by atoms with Crippen molar-refractivity contribution in [3.63, 3.8) is 0 Å². The summed E-state index contributed by atoms with van der Waals surface area (Å²) in [5.41, 5.74) is 2.23. The lowest BCUT2D eigenvalue weighted by molar-refractivity contribution is 0.0680. The van der Waals surface area contributed by atoms with E-state index in [1.165, 1.54) is 0 Å². The quantitative estimate of drug-likeness (QED) is 0.452. The van der Waals surface area contributed by atoms with Gasteiger partial charge in [0.05, 0.1) is 23.0 Å². The fourth-order valence-electron chi connectivity index (χ4n) is 1.96. The average Bonchev–Trinajstić information content (AvgIpc) is 2.64. The van der Waals surface area contributed by atoms with Gasteiger partial charge in [-0.1, -0.05) is 35.4 Å². The summed E-state index contributed by atoms with van der Waals surface area (Å²) in [7, 11) is -2.77. The molecule has 0 radical (unpaired) electrons. The SMILES string of the molecule is Cc1ccc(S(=O)NOCCCCONS(=O)c2ccc(C)cc2)cc1. The van der Waals surface area contributed by atoms with Gasteiger partial charge in [-0.3, -0.25) is 9.68 Å². The normalized spacial score (nSPS) is 13.5. The molecule has 2 unspecified atom stereocenters. The van der Waals surface area contributed by atoms with Gasteiger partial charge in [-0.05, 0) is 51.0 Å². The molecule has 0 bridgehead atoms. The van der Waals surface area contributed by atoms with Crippen LogP contribution in [-0.2, 0) is 31.6 Å². The van der Waals surface area contributed by atoms with E-state index in [2.05, 4.69) is 9.77 Å². The third kappa shape index (κ3) is 7.45. The molecule has 2 aromatic rings. The topological polar surface area (TPSA) is 76.7 Å². The Labute approximate surface area is 159 Å². The molecule has 0 saturated carbocycles. The number of hydrogen-bond acceptors (Lipinski definition) is 4. The van der Waals surface area contributed by atoms with Crippen LogP contribution in [-0.4, -0.2) is 21.6 Å². The summed E-state index contributed by atoms with van der Waals surface area (Å²) in [5.74, 6) is 0. The monoisotopic (exact) mass is 396 g/mol. The summed E-state index contributed by atoms with van der Waals surface area (Å²) in [6.07, 6.45) is 1.44. The maximum Gasteiger partial charge on any atom is 0.148 e. The van der Waals surface area contributed by atoms with Gasteiger partial charge in [-0.25, -0.2) is 8.42 Å². The minimum atomic E-state index is -1.39. The van der Waals surface area contributed by atoms with Crippen LogP contribution in [0.1, 0.15) is 24.0 Å². The van der Waals surface area contributed by atoms with Crippen LogP contribution < -0.4 is 9.77 Å². The van der Waals surface area contributed by atoms with E-state index in [-0.39, 0.29) is 0 Å². The minimum absolute atomic E-state index is 0.405. The molecule has 0 aliphatic carbocycles. The lowest BCUT2D eigenvalue weighted by Gasteiger charge is -2.07. The first kappa shape index (κ1) is 20.9. The number of aryl methyl sites for hydroxylation is 2. The highest BCUT2D eigenvalue weighted by atomic mass is 32.2. The van der Waals surface area contributed by atoms with E-state index in [0.717, 1.165) is 24.0 Å². The molecule has 2 aromatic carbocycles. The van der Waals surface area contributed by atoms with Gasteiger partial charge in [0.25, 0.3) is 0 Å². The van der Waals surface area contributed by atoms with E-state index in [4.69, 9.17) is 9.68 Å². The average molecular weight is 397 g/mol. The van der Waals surface area contributed by atoms with Gasteiger partial charge in [0.1, 0.15) is 22.0 Å². The fourth-order valence-corrected chi connectivity index (χ4v) is 3.30. The highest BCUT2D eigenvalue weighted by Gasteiger charge is 2.04. The summed E-state index contributed by atoms with van der Waals surface area (Å²) in [5, 5.41) is 0. The van der Waals surface area contributed by atoms with Crippen LogP contribution in [0.15, 0.2) is 58.3 Å². The molecule has 0 aliphatic heterocycles. The molecule has 26 heavy (non-hydrogen) atoms. The van der Waals surface area contributed by atoms with Gasteiger partial charge < -0.3 is 0 Å². The minimum Gasteiger partial charge on any atom is -0.289 e. The van der Waals surface area contributed by atoms with Gasteiger partial charge in [0.15, 0.2) is 0 Å². The molecule has 6 nitrogen and oxygen atoms in total. The Hall–Kier alpha value is -1.42. The predicted molar refractivity (Wildman–Crippen MR) is 103 cm³/mol. The summed E-state index contributed by atoms with van der Waals surface area (Å²) in [4.78, 5) is 16.8. The van der Waals surface area contributed by atoms with E-state index in [1.807, 2.05) is 38.1 Å². The van der Waals surface area contributed by atoms with E-state index in [1.54, 1.807) is 24.3 Å². The zero-order chi connectivity index (χ0) is 18.8. The Balaban J connectivity index is 1.51. The van der Waals surface area contributed by atoms with Crippen LogP contribution in [0.25, 0.3) is 0 Å². The summed E-state index contributed by atoms with van der Waals surface area (Å²) in [6.45, 7) is 4.76. The number of hydrogen-bond donors (Lipinski definition) is 2. The Morgan fingerprint density at radius 3 is 1.38 bits per heavy atom. The summed E-state index contributed by atoms with van der Waals surface area (Å²) < 4.78 is 23.9. The molecule has 0 fully saturated rings. The highest BCUT2D eigenvalue weighted by Crippen LogP contribution is 2.07. The maximum atomic E-state index is 11.9. The van der Waals surface area contributed by atoms with E-state index in [0.29, 0.717) is 23.0 Å². The van der Waals surface area contributed by atoms with Crippen LogP contribution in [0.5, 0.6) is 0 Å². The van der Waals surface area contributed by atoms with Gasteiger partial charge >= 0.3 is 0 Å². The predicted octanol–water partition coefficient (Wildman–Crippen LogP) is 2.87. The third-order valence-corrected chi connectivity index (χ3v) is 5.42. The Kier molecular flexibility index (Phi) is 9.10. The number of rotatable bonds is 11. The van der Waals surface area contributed by atoms with E-state index >= 15 is 0 Å². The van der Waals surface area contributed by atoms with Gasteiger partial charge in [0, 0.05) is 0 Å². The molecule has 0 saturated heterocycles. The molecule has 0 spiro atoms. The first-order valence-corrected chi connectivity index (χ1v) is 10.6. The van der Waals surface area contributed by atoms with Crippen molar-refractivity contribution >= 4 is 22.0 Å². The van der Waals surface area contributed by atoms with Crippen LogP contribution >= 0.6 is 0 Å². The van der Waals surface area contributed by atoms with Gasteiger partial charge in [-0.15, -0.1) is 9.77 Å². The molecule has 2 rings (SSSR count). The van der Waals surface area contributed by atoms with Crippen LogP contribution in [0, 0.1) is 13.8 Å². The Morgan fingerprint density at radius 1 is 0.692 bits per heavy atom. The van der Waals surface area contributed by atoms with Crippen molar-refractivity contribution in [2.45, 2.75) is 36.5 Å². The van der Waals surface area contributed by atoms with Crippen molar-refractivity contribution in [1.29, 1.82) is 0 Å². The zero-order valence-electron chi connectivity index (χ0n) is 14.9. The fraction of sp³-hybridized carbons (Fsp3) is 0.333. The molecule has 0 heterocycles. The summed E-state index contributed by atoms with van der Waals surface area (Å²) in [6, 6.07) is 14.8. The van der Waals surface area contributed by atoms with Crippen molar-refractivity contribution in [1.82, 2.24) is 9.77 Å². The molecule has 0 aromatic heterocycles. The number of nitrogens with one attached hydrogen (secondary N) is 2. The van der Waals surface area contributed by atoms with E-state index < -0.39 is 22.0 Å². The lowest BCUT2D eigenvalue weighted by Crippen LogP contribution is -2.20. The Morgan fingerprint density at radius 2 is 1.04 bits per heavy atom. The largest absolute Gasteiger partial charge is 0.289 e. The van der Waals surface area contributed by atoms with E-state index in [9.17, 15) is 8.42 Å². The molecule has 142 valence electrons. The molecule has 0 aliphatic rings. The van der Waals surface area contributed by atoms with Crippen molar-refractivity contribution in [3.05, 3.63) is 59.7 Å². The zero-order valence-corrected chi connectivity index (χ0v) is 16.5. The van der Waals surface area contributed by atoms with Crippen LogP contribution in [0.4, 0.5) is 0 Å². The lowest BCUT2D eigenvalue weighted by atomic mass is 10.2. The molecular formula is C18H24N2O4S2. The second kappa shape index (κ2) is 11.3. The molecule has 2 N–H and O–H groups in total. The first-order chi connectivity index (χ1) is 12.6. The standard InChI is InChI=1S/C18H24N2O4S2/c1-15-5-9-17(10-6-15)25(21)19-23-13-3-4-14-24-20-26(22)18-11-7-16(2)8-12-18/h5-12,19-20H,3-4,13-14H2,1-2H3. The van der Waals surface area contributed by atoms with Crippen LogP contribution in [0.3, 0.4) is 0 Å². The first-order valence-electron chi connectivity index (χ1n) is 8.28. The number of unbranched alkanes of at least 4 members (excludes halogenated alkanes) is 1. The molecule has 0 amide bonds. The second-order valence-electron chi connectivity index (χ2n) is 5.73. The third-order valence-electron chi connectivity index (χ3n) is 3.48. The van der Waals surface area contributed by atoms with Crippen LogP contribution in [0.2, 0.25) is 0 Å². The highest BCUT2D eigenvalue weighted by molar-refractivity contribution is 7.83. The van der Waals surface area contributed by atoms with Gasteiger partial charge in [-0.2, -0.15) is 0 Å². The van der Waals surface area contributed by atoms with Crippen molar-refractivity contribution in [3.8, 4) is 0 Å². The molecular weight excluding hydrogens is 372 g/mol. The van der Waals surface area contributed by atoms with Crippen molar-refractivity contribution in [2.24, 2.45) is 0 Å². The summed E-state index contributed by atoms with van der Waals surface area (Å²) >= 11 is 0. The molecule has 2 atom stereocenters.